The van der Waals surface area contributed by atoms with Crippen LogP contribution in [0.1, 0.15) is 11.3 Å². The highest BCUT2D eigenvalue weighted by Gasteiger charge is 2.18. The van der Waals surface area contributed by atoms with Crippen LogP contribution in [-0.4, -0.2) is 60.5 Å². The molecule has 0 bridgehead atoms. The summed E-state index contributed by atoms with van der Waals surface area (Å²) in [4.78, 5) is 20.4. The van der Waals surface area contributed by atoms with E-state index in [2.05, 4.69) is 28.8 Å². The number of aromatic nitrogens is 1. The van der Waals surface area contributed by atoms with Crippen molar-refractivity contribution in [2.45, 2.75) is 6.54 Å². The SMILES string of the molecule is C=Cc1ccnc(CNCC(=O)N2CCN(C)CC2)c1. The first-order valence-electron chi connectivity index (χ1n) is 6.93. The van der Waals surface area contributed by atoms with Gasteiger partial charge in [0.25, 0.3) is 0 Å². The number of hydrogen-bond donors (Lipinski definition) is 1. The van der Waals surface area contributed by atoms with E-state index in [4.69, 9.17) is 0 Å². The predicted octanol–water partition coefficient (Wildman–Crippen LogP) is 0.588. The van der Waals surface area contributed by atoms with Crippen LogP contribution in [-0.2, 0) is 11.3 Å². The average Bonchev–Trinajstić information content (AvgIpc) is 2.48. The van der Waals surface area contributed by atoms with Gasteiger partial charge in [0, 0.05) is 38.9 Å². The van der Waals surface area contributed by atoms with E-state index >= 15 is 0 Å². The van der Waals surface area contributed by atoms with Crippen LogP contribution < -0.4 is 5.32 Å². The van der Waals surface area contributed by atoms with Gasteiger partial charge in [-0.25, -0.2) is 0 Å². The Morgan fingerprint density at radius 2 is 2.20 bits per heavy atom. The fraction of sp³-hybridized carbons (Fsp3) is 0.467. The van der Waals surface area contributed by atoms with Crippen LogP contribution in [0.15, 0.2) is 24.9 Å². The largest absolute Gasteiger partial charge is 0.339 e. The van der Waals surface area contributed by atoms with E-state index in [9.17, 15) is 4.79 Å². The smallest absolute Gasteiger partial charge is 0.236 e. The zero-order valence-corrected chi connectivity index (χ0v) is 12.0. The first-order chi connectivity index (χ1) is 9.69. The highest BCUT2D eigenvalue weighted by Crippen LogP contribution is 2.03. The number of carbonyl (C=O) groups excluding carboxylic acids is 1. The molecule has 2 heterocycles. The number of piperazine rings is 1. The highest BCUT2D eigenvalue weighted by molar-refractivity contribution is 5.78. The molecule has 0 atom stereocenters. The van der Waals surface area contributed by atoms with Crippen molar-refractivity contribution in [3.8, 4) is 0 Å². The van der Waals surface area contributed by atoms with Gasteiger partial charge in [0.2, 0.25) is 5.91 Å². The Morgan fingerprint density at radius 3 is 2.90 bits per heavy atom. The molecule has 1 aliphatic heterocycles. The van der Waals surface area contributed by atoms with Gasteiger partial charge in [-0.2, -0.15) is 0 Å². The number of hydrogen-bond acceptors (Lipinski definition) is 4. The van der Waals surface area contributed by atoms with Crippen LogP contribution in [0.25, 0.3) is 6.08 Å². The highest BCUT2D eigenvalue weighted by atomic mass is 16.2. The third-order valence-electron chi connectivity index (χ3n) is 3.51. The first kappa shape index (κ1) is 14.7. The number of pyridine rings is 1. The summed E-state index contributed by atoms with van der Waals surface area (Å²) < 4.78 is 0. The molecule has 1 fully saturated rings. The standard InChI is InChI=1S/C15H22N4O/c1-3-13-4-5-17-14(10-13)11-16-12-15(20)19-8-6-18(2)7-9-19/h3-5,10,16H,1,6-9,11-12H2,2H3. The van der Waals surface area contributed by atoms with Crippen molar-refractivity contribution in [2.75, 3.05) is 39.8 Å². The van der Waals surface area contributed by atoms with E-state index < -0.39 is 0 Å². The number of carbonyl (C=O) groups is 1. The average molecular weight is 274 g/mol. The Morgan fingerprint density at radius 1 is 1.45 bits per heavy atom. The molecule has 1 aliphatic rings. The second-order valence-electron chi connectivity index (χ2n) is 5.07. The lowest BCUT2D eigenvalue weighted by atomic mass is 10.2. The van der Waals surface area contributed by atoms with E-state index in [-0.39, 0.29) is 5.91 Å². The van der Waals surface area contributed by atoms with E-state index in [0.29, 0.717) is 13.1 Å². The second kappa shape index (κ2) is 7.17. The minimum absolute atomic E-state index is 0.165. The number of nitrogens with zero attached hydrogens (tertiary/aromatic N) is 3. The number of likely N-dealkylation sites (N-methyl/N-ethyl adjacent to an activating group) is 1. The van der Waals surface area contributed by atoms with Crippen LogP contribution in [0, 0.1) is 0 Å². The van der Waals surface area contributed by atoms with Crippen molar-refractivity contribution in [3.05, 3.63) is 36.2 Å². The fourth-order valence-electron chi connectivity index (χ4n) is 2.19. The molecule has 1 amide bonds. The molecule has 1 aromatic rings. The minimum Gasteiger partial charge on any atom is -0.339 e. The van der Waals surface area contributed by atoms with Crippen LogP contribution in [0.3, 0.4) is 0 Å². The molecular formula is C15H22N4O. The third-order valence-corrected chi connectivity index (χ3v) is 3.51. The van der Waals surface area contributed by atoms with Crippen LogP contribution in [0.2, 0.25) is 0 Å². The summed E-state index contributed by atoms with van der Waals surface area (Å²) >= 11 is 0. The monoisotopic (exact) mass is 274 g/mol. The van der Waals surface area contributed by atoms with Crippen molar-refractivity contribution in [1.29, 1.82) is 0 Å². The van der Waals surface area contributed by atoms with Crippen LogP contribution >= 0.6 is 0 Å². The van der Waals surface area contributed by atoms with Crippen molar-refractivity contribution in [2.24, 2.45) is 0 Å². The van der Waals surface area contributed by atoms with E-state index in [1.807, 2.05) is 17.0 Å². The molecule has 0 radical (unpaired) electrons. The van der Waals surface area contributed by atoms with Crippen LogP contribution in [0.4, 0.5) is 0 Å². The zero-order valence-electron chi connectivity index (χ0n) is 12.0. The summed E-state index contributed by atoms with van der Waals surface area (Å²) in [5.74, 6) is 0.165. The number of nitrogens with one attached hydrogen (secondary N) is 1. The maximum Gasteiger partial charge on any atom is 0.236 e. The van der Waals surface area contributed by atoms with Gasteiger partial charge in [-0.3, -0.25) is 9.78 Å². The fourth-order valence-corrected chi connectivity index (χ4v) is 2.19. The molecule has 1 saturated heterocycles. The summed E-state index contributed by atoms with van der Waals surface area (Å²) in [5, 5.41) is 3.16. The minimum atomic E-state index is 0.165. The topological polar surface area (TPSA) is 48.5 Å². The lowest BCUT2D eigenvalue weighted by molar-refractivity contribution is -0.131. The summed E-state index contributed by atoms with van der Waals surface area (Å²) in [6.07, 6.45) is 3.55. The molecule has 2 rings (SSSR count). The normalized spacial score (nSPS) is 16.1. The van der Waals surface area contributed by atoms with Crippen molar-refractivity contribution < 1.29 is 4.79 Å². The summed E-state index contributed by atoms with van der Waals surface area (Å²) in [6.45, 7) is 8.25. The van der Waals surface area contributed by atoms with E-state index in [0.717, 1.165) is 37.4 Å². The molecule has 1 N–H and O–H groups in total. The predicted molar refractivity (Wildman–Crippen MR) is 80.1 cm³/mol. The van der Waals surface area contributed by atoms with Gasteiger partial charge in [-0.1, -0.05) is 12.7 Å². The summed E-state index contributed by atoms with van der Waals surface area (Å²) in [7, 11) is 2.08. The van der Waals surface area contributed by atoms with Gasteiger partial charge in [0.1, 0.15) is 0 Å². The molecule has 0 unspecified atom stereocenters. The Balaban J connectivity index is 1.74. The van der Waals surface area contributed by atoms with Gasteiger partial charge in [0.05, 0.1) is 12.2 Å². The lowest BCUT2D eigenvalue weighted by Crippen LogP contribution is -2.49. The second-order valence-corrected chi connectivity index (χ2v) is 5.07. The van der Waals surface area contributed by atoms with Crippen molar-refractivity contribution >= 4 is 12.0 Å². The molecule has 5 heteroatoms. The maximum absolute atomic E-state index is 12.0. The lowest BCUT2D eigenvalue weighted by Gasteiger charge is -2.32. The Bertz CT molecular complexity index is 467. The van der Waals surface area contributed by atoms with Crippen molar-refractivity contribution in [1.82, 2.24) is 20.1 Å². The zero-order chi connectivity index (χ0) is 14.4. The van der Waals surface area contributed by atoms with Crippen LogP contribution in [0.5, 0.6) is 0 Å². The maximum atomic E-state index is 12.0. The van der Waals surface area contributed by atoms with Gasteiger partial charge in [-0.05, 0) is 24.7 Å². The molecule has 1 aromatic heterocycles. The Kier molecular flexibility index (Phi) is 5.26. The quantitative estimate of drug-likeness (QED) is 0.854. The summed E-state index contributed by atoms with van der Waals surface area (Å²) in [5.41, 5.74) is 1.97. The van der Waals surface area contributed by atoms with Gasteiger partial charge in [0.15, 0.2) is 0 Å². The summed E-state index contributed by atoms with van der Waals surface area (Å²) in [6, 6.07) is 3.88. The molecule has 108 valence electrons. The van der Waals surface area contributed by atoms with Gasteiger partial charge >= 0.3 is 0 Å². The Hall–Kier alpha value is -1.72. The molecule has 5 nitrogen and oxygen atoms in total. The van der Waals surface area contributed by atoms with Gasteiger partial charge in [-0.15, -0.1) is 0 Å². The van der Waals surface area contributed by atoms with E-state index in [1.54, 1.807) is 12.3 Å². The number of amides is 1. The molecule has 0 aromatic carbocycles. The van der Waals surface area contributed by atoms with Crippen molar-refractivity contribution in [3.63, 3.8) is 0 Å². The molecule has 20 heavy (non-hydrogen) atoms. The molecule has 0 spiro atoms. The van der Waals surface area contributed by atoms with Gasteiger partial charge < -0.3 is 15.1 Å². The molecular weight excluding hydrogens is 252 g/mol. The molecule has 0 saturated carbocycles. The molecule has 0 aliphatic carbocycles. The third kappa shape index (κ3) is 4.15. The van der Waals surface area contributed by atoms with E-state index in [1.165, 1.54) is 0 Å². The first-order valence-corrected chi connectivity index (χ1v) is 6.93. The Labute approximate surface area is 120 Å². The number of rotatable bonds is 5.